The lowest BCUT2D eigenvalue weighted by atomic mass is 10.1. The van der Waals surface area contributed by atoms with E-state index in [1.165, 1.54) is 0 Å². The van der Waals surface area contributed by atoms with Crippen molar-refractivity contribution in [1.82, 2.24) is 14.9 Å². The Morgan fingerprint density at radius 3 is 2.45 bits per heavy atom. The summed E-state index contributed by atoms with van der Waals surface area (Å²) in [7, 11) is -21.0. The molecule has 1 aliphatic rings. The van der Waals surface area contributed by atoms with E-state index in [4.69, 9.17) is 18.9 Å². The maximum Gasteiger partial charge on any atom is 0.490 e. The number of nitrogens with zero attached hydrogens (tertiary/aromatic N) is 3. The van der Waals surface area contributed by atoms with Gasteiger partial charge in [-0.3, -0.25) is 23.7 Å². The zero-order valence-corrected chi connectivity index (χ0v) is 38.0. The minimum atomic E-state index is -5.71. The predicted molar refractivity (Wildman–Crippen MR) is 228 cm³/mol. The Hall–Kier alpha value is -4.63. The normalized spacial score (nSPS) is 17.2. The second kappa shape index (κ2) is 22.2. The molecule has 4 aromatic rings. The molecule has 354 valence electrons. The van der Waals surface area contributed by atoms with Gasteiger partial charge in [0.15, 0.2) is 12.4 Å². The van der Waals surface area contributed by atoms with E-state index in [1.54, 1.807) is 41.2 Å². The Kier molecular flexibility index (Phi) is 17.6. The van der Waals surface area contributed by atoms with E-state index < -0.39 is 75.2 Å². The van der Waals surface area contributed by atoms with Crippen LogP contribution in [0.4, 0.5) is 5.69 Å². The summed E-state index contributed by atoms with van der Waals surface area (Å²) in [5, 5.41) is 3.38. The Balaban J connectivity index is 1.04. The SMILES string of the molecule is CCN(CCCCCC(=O)NCC#Cc1cn([C@H]2CC[C@@H](COP(=O)(O)OP(=O)(O)OP(=O)(O)O)O2)c(=O)[nH]c1=O)c1ccc2cc(-c3cc[n+](CCCS(=O)(=O)[O-])cc3)c(=O)oc2c1. The van der Waals surface area contributed by atoms with Crippen LogP contribution in [-0.2, 0) is 53.0 Å². The van der Waals surface area contributed by atoms with E-state index in [-0.39, 0.29) is 43.7 Å². The predicted octanol–water partition coefficient (Wildman–Crippen LogP) is 2.11. The van der Waals surface area contributed by atoms with Gasteiger partial charge < -0.3 is 43.5 Å². The Labute approximate surface area is 370 Å². The molecule has 0 bridgehead atoms. The van der Waals surface area contributed by atoms with Crippen LogP contribution in [0.15, 0.2) is 73.8 Å². The summed E-state index contributed by atoms with van der Waals surface area (Å²) < 4.78 is 92.9. The highest BCUT2D eigenvalue weighted by molar-refractivity contribution is 7.85. The molecule has 1 fully saturated rings. The molecule has 65 heavy (non-hydrogen) atoms. The zero-order chi connectivity index (χ0) is 47.6. The number of aromatic amines is 1. The number of phosphoric acid groups is 3. The van der Waals surface area contributed by atoms with Gasteiger partial charge in [-0.1, -0.05) is 18.3 Å². The molecule has 1 aromatic carbocycles. The van der Waals surface area contributed by atoms with Crippen molar-refractivity contribution in [2.24, 2.45) is 0 Å². The molecule has 1 aliphatic heterocycles. The number of benzene rings is 1. The van der Waals surface area contributed by atoms with Crippen molar-refractivity contribution in [2.45, 2.75) is 70.7 Å². The molecule has 0 aliphatic carbocycles. The number of amides is 1. The molecule has 24 nitrogen and oxygen atoms in total. The molecule has 0 radical (unpaired) electrons. The number of hydrogen-bond acceptors (Lipinski definition) is 16. The number of carbonyl (C=O) groups excluding carboxylic acids is 1. The first kappa shape index (κ1) is 51.4. The summed E-state index contributed by atoms with van der Waals surface area (Å²) in [6.45, 7) is 2.85. The van der Waals surface area contributed by atoms with Crippen molar-refractivity contribution in [2.75, 3.05) is 36.9 Å². The van der Waals surface area contributed by atoms with E-state index in [1.807, 2.05) is 19.1 Å². The Morgan fingerprint density at radius 2 is 1.75 bits per heavy atom. The number of aromatic nitrogens is 3. The van der Waals surface area contributed by atoms with Crippen LogP contribution in [0.3, 0.4) is 0 Å². The van der Waals surface area contributed by atoms with Gasteiger partial charge in [0, 0.05) is 72.7 Å². The van der Waals surface area contributed by atoms with Crippen molar-refractivity contribution in [1.29, 1.82) is 0 Å². The fourth-order valence-corrected chi connectivity index (χ4v) is 10.1. The number of anilines is 1. The van der Waals surface area contributed by atoms with Gasteiger partial charge in [-0.2, -0.15) is 8.62 Å². The molecule has 0 saturated carbocycles. The van der Waals surface area contributed by atoms with Crippen molar-refractivity contribution in [3.8, 4) is 23.0 Å². The molecule has 5 rings (SSSR count). The number of aryl methyl sites for hydroxylation is 1. The molecule has 4 atom stereocenters. The fourth-order valence-electron chi connectivity index (χ4n) is 6.60. The molecular formula is C37H46N5O19P3S. The summed E-state index contributed by atoms with van der Waals surface area (Å²) in [4.78, 5) is 90.9. The molecule has 0 spiro atoms. The van der Waals surface area contributed by atoms with E-state index in [2.05, 4.69) is 40.2 Å². The van der Waals surface area contributed by atoms with Gasteiger partial charge >= 0.3 is 34.8 Å². The van der Waals surface area contributed by atoms with Crippen LogP contribution in [0.25, 0.3) is 22.1 Å². The number of fused-ring (bicyclic) bond motifs is 1. The van der Waals surface area contributed by atoms with Gasteiger partial charge in [0.25, 0.3) is 5.56 Å². The van der Waals surface area contributed by atoms with Crippen molar-refractivity contribution >= 4 is 56.2 Å². The topological polar surface area (TPSA) is 348 Å². The highest BCUT2D eigenvalue weighted by Crippen LogP contribution is 2.66. The second-order valence-electron chi connectivity index (χ2n) is 14.5. The number of carbonyl (C=O) groups is 1. The molecule has 3 aromatic heterocycles. The van der Waals surface area contributed by atoms with Crippen molar-refractivity contribution < 1.29 is 77.9 Å². The van der Waals surface area contributed by atoms with Crippen molar-refractivity contribution in [3.05, 3.63) is 91.8 Å². The number of nitrogens with one attached hydrogen (secondary N) is 2. The Morgan fingerprint density at radius 1 is 1.02 bits per heavy atom. The number of rotatable bonds is 22. The maximum absolute atomic E-state index is 13.0. The van der Waals surface area contributed by atoms with E-state index in [9.17, 15) is 55.6 Å². The Bertz CT molecular complexity index is 2850. The van der Waals surface area contributed by atoms with Crippen LogP contribution in [-0.4, -0.2) is 86.1 Å². The number of pyridine rings is 1. The number of ether oxygens (including phenoxy) is 1. The third kappa shape index (κ3) is 16.3. The average molecular weight is 990 g/mol. The first-order valence-electron chi connectivity index (χ1n) is 19.8. The number of hydrogen-bond donors (Lipinski definition) is 6. The molecule has 4 heterocycles. The van der Waals surface area contributed by atoms with Gasteiger partial charge in [-0.05, 0) is 50.8 Å². The first-order chi connectivity index (χ1) is 30.5. The van der Waals surface area contributed by atoms with Crippen LogP contribution in [0.1, 0.15) is 63.7 Å². The molecule has 1 amide bonds. The molecular weight excluding hydrogens is 943 g/mol. The summed E-state index contributed by atoms with van der Waals surface area (Å²) in [6.07, 6.45) is 5.32. The standard InChI is InChI=1S/C37H46N5O19P3S/c1-2-41(29-11-10-27-22-31(36(45)59-32(27)23-29)26-14-19-40(20-15-26)17-7-21-65(54,55)56)18-5-3-4-9-33(43)38-16-6-8-28-24-42(37(46)39-35(28)44)34-13-12-30(58-34)25-57-63(50,51)61-64(52,53)60-62(47,48)49/h10-11,14-15,19-20,22-24,30,34H,2-5,7,9,12-13,16-18,21,25H2,1H3,(H6-,38,39,43,44,46,47,48,49,50,51,52,53,54,55,56)/t30-,34+/m0/s1. The molecule has 2 unspecified atom stereocenters. The minimum Gasteiger partial charge on any atom is -0.748 e. The lowest BCUT2D eigenvalue weighted by Crippen LogP contribution is -2.33. The molecule has 28 heteroatoms. The number of unbranched alkanes of at least 4 members (excludes halogenated alkanes) is 2. The van der Waals surface area contributed by atoms with E-state index in [0.717, 1.165) is 34.7 Å². The monoisotopic (exact) mass is 989 g/mol. The summed E-state index contributed by atoms with van der Waals surface area (Å²) >= 11 is 0. The van der Waals surface area contributed by atoms with E-state index >= 15 is 0 Å². The van der Waals surface area contributed by atoms with E-state index in [0.29, 0.717) is 42.8 Å². The van der Waals surface area contributed by atoms with Crippen LogP contribution in [0, 0.1) is 11.8 Å². The highest BCUT2D eigenvalue weighted by atomic mass is 32.2. The van der Waals surface area contributed by atoms with Crippen molar-refractivity contribution in [3.63, 3.8) is 0 Å². The molecule has 6 N–H and O–H groups in total. The number of phosphoric ester groups is 1. The first-order valence-corrected chi connectivity index (χ1v) is 25.9. The van der Waals surface area contributed by atoms with Crippen LogP contribution >= 0.6 is 23.5 Å². The average Bonchev–Trinajstić information content (AvgIpc) is 3.68. The highest BCUT2D eigenvalue weighted by Gasteiger charge is 2.41. The second-order valence-corrected chi connectivity index (χ2v) is 20.4. The van der Waals surface area contributed by atoms with Crippen LogP contribution < -0.4 is 31.7 Å². The van der Waals surface area contributed by atoms with Gasteiger partial charge in [0.05, 0.1) is 34.9 Å². The summed E-state index contributed by atoms with van der Waals surface area (Å²) in [5.74, 6) is 4.53. The van der Waals surface area contributed by atoms with Crippen LogP contribution in [0.2, 0.25) is 0 Å². The van der Waals surface area contributed by atoms with Gasteiger partial charge in [0.2, 0.25) is 5.91 Å². The smallest absolute Gasteiger partial charge is 0.490 e. The largest absolute Gasteiger partial charge is 0.748 e. The van der Waals surface area contributed by atoms with Gasteiger partial charge in [0.1, 0.15) is 23.9 Å². The minimum absolute atomic E-state index is 0.102. The summed E-state index contributed by atoms with van der Waals surface area (Å²) in [5.41, 5.74) is -0.0589. The zero-order valence-electron chi connectivity index (χ0n) is 34.5. The van der Waals surface area contributed by atoms with Gasteiger partial charge in [-0.15, -0.1) is 0 Å². The fraction of sp³-hybridized carbons (Fsp3) is 0.432. The lowest BCUT2D eigenvalue weighted by Gasteiger charge is -2.23. The molecule has 1 saturated heterocycles. The third-order valence-corrected chi connectivity index (χ3v) is 14.2. The maximum atomic E-state index is 13.0. The lowest BCUT2D eigenvalue weighted by molar-refractivity contribution is -0.696. The summed E-state index contributed by atoms with van der Waals surface area (Å²) in [6, 6.07) is 10.8. The number of H-pyrrole nitrogens is 1. The quantitative estimate of drug-likeness (QED) is 0.0164. The van der Waals surface area contributed by atoms with Crippen LogP contribution in [0.5, 0.6) is 0 Å². The third-order valence-electron chi connectivity index (χ3n) is 9.61. The van der Waals surface area contributed by atoms with Gasteiger partial charge in [-0.25, -0.2) is 36.3 Å².